The zero-order valence-corrected chi connectivity index (χ0v) is 17.8. The normalized spacial score (nSPS) is 11.0. The maximum absolute atomic E-state index is 12.5. The predicted molar refractivity (Wildman–Crippen MR) is 126 cm³/mol. The number of benzene rings is 3. The number of para-hydroxylation sites is 2. The molecule has 0 aliphatic rings. The number of anilines is 1. The molecule has 2 N–H and O–H groups in total. The van der Waals surface area contributed by atoms with Crippen LogP contribution in [0.25, 0.3) is 21.2 Å². The summed E-state index contributed by atoms with van der Waals surface area (Å²) in [6.07, 6.45) is 0.253. The smallest absolute Gasteiger partial charge is 0.291 e. The van der Waals surface area contributed by atoms with Crippen molar-refractivity contribution in [3.05, 3.63) is 95.2 Å². The van der Waals surface area contributed by atoms with Crippen molar-refractivity contribution >= 4 is 50.0 Å². The Morgan fingerprint density at radius 2 is 1.72 bits per heavy atom. The first-order valence-electron chi connectivity index (χ1n) is 10.1. The number of hydrogen-bond donors (Lipinski definition) is 2. The standard InChI is InChI=1S/C25H19N3O3S/c29-23(26-15-24-28-19-6-2-4-8-22(19)32-24)13-16-9-11-18(12-10-16)27-25(30)21-14-17-5-1-3-7-20(17)31-21/h1-12,14H,13,15H2,(H,26,29)(H,27,30). The van der Waals surface area contributed by atoms with E-state index in [9.17, 15) is 9.59 Å². The molecule has 0 bridgehead atoms. The van der Waals surface area contributed by atoms with E-state index in [1.165, 1.54) is 0 Å². The Labute approximate surface area is 187 Å². The first kappa shape index (κ1) is 20.0. The van der Waals surface area contributed by atoms with Gasteiger partial charge in [0.05, 0.1) is 23.2 Å². The van der Waals surface area contributed by atoms with Gasteiger partial charge in [-0.05, 0) is 42.0 Å². The Morgan fingerprint density at radius 3 is 2.53 bits per heavy atom. The number of fused-ring (bicyclic) bond motifs is 2. The van der Waals surface area contributed by atoms with Crippen LogP contribution in [0, 0.1) is 0 Å². The lowest BCUT2D eigenvalue weighted by molar-refractivity contribution is -0.120. The van der Waals surface area contributed by atoms with E-state index >= 15 is 0 Å². The molecule has 0 unspecified atom stereocenters. The maximum atomic E-state index is 12.5. The molecule has 3 aromatic carbocycles. The van der Waals surface area contributed by atoms with E-state index in [1.807, 2.05) is 60.7 Å². The fourth-order valence-electron chi connectivity index (χ4n) is 3.41. The average molecular weight is 442 g/mol. The van der Waals surface area contributed by atoms with Crippen LogP contribution in [0.2, 0.25) is 0 Å². The van der Waals surface area contributed by atoms with Crippen LogP contribution in [-0.2, 0) is 17.8 Å². The minimum atomic E-state index is -0.317. The average Bonchev–Trinajstić information content (AvgIpc) is 3.43. The van der Waals surface area contributed by atoms with Gasteiger partial charge in [-0.2, -0.15) is 0 Å². The van der Waals surface area contributed by atoms with Crippen molar-refractivity contribution in [3.8, 4) is 0 Å². The van der Waals surface area contributed by atoms with Gasteiger partial charge < -0.3 is 15.1 Å². The molecule has 0 spiro atoms. The number of thiazole rings is 1. The highest BCUT2D eigenvalue weighted by Crippen LogP contribution is 2.22. The van der Waals surface area contributed by atoms with E-state index in [1.54, 1.807) is 29.5 Å². The molecule has 0 aliphatic heterocycles. The molecule has 5 rings (SSSR count). The SMILES string of the molecule is O=C(Cc1ccc(NC(=O)c2cc3ccccc3o2)cc1)NCc1nc2ccccc2s1. The molecule has 2 heterocycles. The van der Waals surface area contributed by atoms with Gasteiger partial charge in [-0.1, -0.05) is 42.5 Å². The third-order valence-corrected chi connectivity index (χ3v) is 6.04. The Bertz CT molecular complexity index is 1350. The number of aromatic nitrogens is 1. The lowest BCUT2D eigenvalue weighted by Crippen LogP contribution is -2.24. The molecule has 0 saturated carbocycles. The van der Waals surface area contributed by atoms with Crippen molar-refractivity contribution < 1.29 is 14.0 Å². The Hall–Kier alpha value is -3.97. The molecule has 0 atom stereocenters. The molecular weight excluding hydrogens is 422 g/mol. The lowest BCUT2D eigenvalue weighted by atomic mass is 10.1. The molecule has 0 radical (unpaired) electrons. The van der Waals surface area contributed by atoms with Crippen LogP contribution in [0.1, 0.15) is 21.1 Å². The highest BCUT2D eigenvalue weighted by atomic mass is 32.1. The Kier molecular flexibility index (Phi) is 5.39. The molecule has 158 valence electrons. The first-order chi connectivity index (χ1) is 15.6. The first-order valence-corrected chi connectivity index (χ1v) is 11.0. The molecular formula is C25H19N3O3S. The summed E-state index contributed by atoms with van der Waals surface area (Å²) in [5.74, 6) is -0.143. The topological polar surface area (TPSA) is 84.2 Å². The molecule has 0 saturated heterocycles. The summed E-state index contributed by atoms with van der Waals surface area (Å²) in [5, 5.41) is 7.49. The third-order valence-electron chi connectivity index (χ3n) is 5.00. The molecule has 32 heavy (non-hydrogen) atoms. The van der Waals surface area contributed by atoms with Crippen molar-refractivity contribution in [3.63, 3.8) is 0 Å². The zero-order chi connectivity index (χ0) is 21.9. The minimum absolute atomic E-state index is 0.0803. The highest BCUT2D eigenvalue weighted by molar-refractivity contribution is 7.18. The fraction of sp³-hybridized carbons (Fsp3) is 0.0800. The van der Waals surface area contributed by atoms with Crippen LogP contribution < -0.4 is 10.6 Å². The van der Waals surface area contributed by atoms with Crippen molar-refractivity contribution in [2.45, 2.75) is 13.0 Å². The van der Waals surface area contributed by atoms with Crippen LogP contribution in [-0.4, -0.2) is 16.8 Å². The summed E-state index contributed by atoms with van der Waals surface area (Å²) in [7, 11) is 0. The van der Waals surface area contributed by atoms with Crippen molar-refractivity contribution in [2.75, 3.05) is 5.32 Å². The van der Waals surface area contributed by atoms with Gasteiger partial charge >= 0.3 is 0 Å². The number of carbonyl (C=O) groups is 2. The maximum Gasteiger partial charge on any atom is 0.291 e. The van der Waals surface area contributed by atoms with E-state index in [4.69, 9.17) is 4.42 Å². The fourth-order valence-corrected chi connectivity index (χ4v) is 4.32. The van der Waals surface area contributed by atoms with Crippen molar-refractivity contribution in [1.29, 1.82) is 0 Å². The summed E-state index contributed by atoms with van der Waals surface area (Å²) < 4.78 is 6.70. The van der Waals surface area contributed by atoms with Gasteiger partial charge in [-0.15, -0.1) is 11.3 Å². The monoisotopic (exact) mass is 441 g/mol. The van der Waals surface area contributed by atoms with Crippen LogP contribution in [0.3, 0.4) is 0 Å². The second kappa shape index (κ2) is 8.64. The number of hydrogen-bond acceptors (Lipinski definition) is 5. The number of carbonyl (C=O) groups excluding carboxylic acids is 2. The second-order valence-corrected chi connectivity index (χ2v) is 8.44. The van der Waals surface area contributed by atoms with Gasteiger partial charge in [-0.25, -0.2) is 4.98 Å². The van der Waals surface area contributed by atoms with Gasteiger partial charge in [0.15, 0.2) is 5.76 Å². The summed E-state index contributed by atoms with van der Waals surface area (Å²) in [6, 6.07) is 24.3. The Balaban J connectivity index is 1.16. The molecule has 2 amide bonds. The zero-order valence-electron chi connectivity index (χ0n) is 17.0. The van der Waals surface area contributed by atoms with Crippen LogP contribution >= 0.6 is 11.3 Å². The van der Waals surface area contributed by atoms with Crippen molar-refractivity contribution in [1.82, 2.24) is 10.3 Å². The van der Waals surface area contributed by atoms with Gasteiger partial charge in [0, 0.05) is 11.1 Å². The summed E-state index contributed by atoms with van der Waals surface area (Å²) >= 11 is 1.58. The number of rotatable bonds is 6. The highest BCUT2D eigenvalue weighted by Gasteiger charge is 2.13. The molecule has 2 aromatic heterocycles. The van der Waals surface area contributed by atoms with Gasteiger partial charge in [0.25, 0.3) is 5.91 Å². The van der Waals surface area contributed by atoms with E-state index in [0.29, 0.717) is 17.8 Å². The summed E-state index contributed by atoms with van der Waals surface area (Å²) in [6.45, 7) is 0.407. The van der Waals surface area contributed by atoms with E-state index in [2.05, 4.69) is 15.6 Å². The Morgan fingerprint density at radius 1 is 0.938 bits per heavy atom. The van der Waals surface area contributed by atoms with Gasteiger partial charge in [0.2, 0.25) is 5.91 Å². The lowest BCUT2D eigenvalue weighted by Gasteiger charge is -2.06. The molecule has 0 aliphatic carbocycles. The minimum Gasteiger partial charge on any atom is -0.451 e. The second-order valence-electron chi connectivity index (χ2n) is 7.33. The molecule has 5 aromatic rings. The van der Waals surface area contributed by atoms with Crippen molar-refractivity contribution in [2.24, 2.45) is 0 Å². The predicted octanol–water partition coefficient (Wildman–Crippen LogP) is 5.15. The van der Waals surface area contributed by atoms with E-state index < -0.39 is 0 Å². The number of nitrogens with one attached hydrogen (secondary N) is 2. The molecule has 0 fully saturated rings. The van der Waals surface area contributed by atoms with E-state index in [0.717, 1.165) is 26.2 Å². The van der Waals surface area contributed by atoms with Gasteiger partial charge in [0.1, 0.15) is 10.6 Å². The number of furan rings is 1. The summed E-state index contributed by atoms with van der Waals surface area (Å²) in [5.41, 5.74) is 3.11. The number of amides is 2. The number of nitrogens with zero attached hydrogens (tertiary/aromatic N) is 1. The van der Waals surface area contributed by atoms with Crippen LogP contribution in [0.5, 0.6) is 0 Å². The molecule has 7 heteroatoms. The summed E-state index contributed by atoms with van der Waals surface area (Å²) in [4.78, 5) is 29.3. The van der Waals surface area contributed by atoms with Crippen LogP contribution in [0.4, 0.5) is 5.69 Å². The third kappa shape index (κ3) is 4.38. The van der Waals surface area contributed by atoms with E-state index in [-0.39, 0.29) is 24.0 Å². The quantitative estimate of drug-likeness (QED) is 0.381. The van der Waals surface area contributed by atoms with Gasteiger partial charge in [-0.3, -0.25) is 9.59 Å². The molecule has 6 nitrogen and oxygen atoms in total. The van der Waals surface area contributed by atoms with Crippen LogP contribution in [0.15, 0.2) is 83.3 Å². The largest absolute Gasteiger partial charge is 0.451 e.